The van der Waals surface area contributed by atoms with Crippen LogP contribution in [0.25, 0.3) is 0 Å². The molecule has 1 rings (SSSR count). The number of carbonyl (C=O) groups excluding carboxylic acids is 1. The molecule has 1 atom stereocenters. The first-order chi connectivity index (χ1) is 3.79. The second kappa shape index (κ2) is 2.09. The molecule has 0 aromatic rings. The predicted octanol–water partition coefficient (Wildman–Crippen LogP) is 0.266. The highest BCUT2D eigenvalue weighted by molar-refractivity contribution is 5.90. The normalized spacial score (nSPS) is 28.6. The molecule has 1 N–H and O–H groups in total. The Morgan fingerprint density at radius 1 is 1.75 bits per heavy atom. The van der Waals surface area contributed by atoms with Crippen molar-refractivity contribution >= 4 is 5.78 Å². The minimum absolute atomic E-state index is 0.0313. The zero-order valence-electron chi connectivity index (χ0n) is 4.50. The maximum atomic E-state index is 10.4. The third kappa shape index (κ3) is 1.17. The van der Waals surface area contributed by atoms with Gasteiger partial charge in [0.25, 0.3) is 0 Å². The van der Waals surface area contributed by atoms with Crippen molar-refractivity contribution in [3.05, 3.63) is 12.2 Å². The summed E-state index contributed by atoms with van der Waals surface area (Å²) in [4.78, 5) is 10.4. The Labute approximate surface area is 47.8 Å². The number of rotatable bonds is 0. The van der Waals surface area contributed by atoms with E-state index in [0.717, 1.165) is 0 Å². The van der Waals surface area contributed by atoms with Gasteiger partial charge in [0.2, 0.25) is 0 Å². The van der Waals surface area contributed by atoms with Crippen molar-refractivity contribution in [3.8, 4) is 0 Å². The van der Waals surface area contributed by atoms with Gasteiger partial charge in [-0.25, -0.2) is 0 Å². The van der Waals surface area contributed by atoms with Crippen LogP contribution in [0.2, 0.25) is 0 Å². The molecule has 2 heteroatoms. The minimum Gasteiger partial charge on any atom is -0.392 e. The molecule has 0 aliphatic heterocycles. The summed E-state index contributed by atoms with van der Waals surface area (Å²) < 4.78 is 0. The molecule has 1 unspecified atom stereocenters. The standard InChI is InChI=1S/C6H8O2/c7-5-2-1-3-6(8)4-5/h1-2,6,8H,3-4H2. The second-order valence-electron chi connectivity index (χ2n) is 1.96. The fourth-order valence-electron chi connectivity index (χ4n) is 0.740. The molecule has 0 amide bonds. The van der Waals surface area contributed by atoms with E-state index >= 15 is 0 Å². The summed E-state index contributed by atoms with van der Waals surface area (Å²) in [6.07, 6.45) is 3.73. The maximum absolute atomic E-state index is 10.4. The summed E-state index contributed by atoms with van der Waals surface area (Å²) in [7, 11) is 0. The number of hydrogen-bond acceptors (Lipinski definition) is 2. The third-order valence-corrected chi connectivity index (χ3v) is 1.15. The fraction of sp³-hybridized carbons (Fsp3) is 0.500. The van der Waals surface area contributed by atoms with Crippen molar-refractivity contribution in [1.29, 1.82) is 0 Å². The number of aliphatic hydroxyl groups excluding tert-OH is 1. The van der Waals surface area contributed by atoms with Crippen LogP contribution in [0.3, 0.4) is 0 Å². The Morgan fingerprint density at radius 2 is 2.50 bits per heavy atom. The number of hydrogen-bond donors (Lipinski definition) is 1. The molecule has 1 aliphatic rings. The van der Waals surface area contributed by atoms with Gasteiger partial charge in [-0.05, 0) is 12.5 Å². The third-order valence-electron chi connectivity index (χ3n) is 1.15. The molecule has 0 aromatic heterocycles. The zero-order valence-corrected chi connectivity index (χ0v) is 4.50. The van der Waals surface area contributed by atoms with Crippen molar-refractivity contribution in [1.82, 2.24) is 0 Å². The molecule has 2 nitrogen and oxygen atoms in total. The highest BCUT2D eigenvalue weighted by Crippen LogP contribution is 2.05. The quantitative estimate of drug-likeness (QED) is 0.488. The Hall–Kier alpha value is -0.630. The van der Waals surface area contributed by atoms with Crippen LogP contribution in [-0.4, -0.2) is 17.0 Å². The fourth-order valence-corrected chi connectivity index (χ4v) is 0.740. The van der Waals surface area contributed by atoms with Gasteiger partial charge in [-0.3, -0.25) is 4.79 Å². The summed E-state index contributed by atoms with van der Waals surface area (Å²) in [5.41, 5.74) is 0. The first kappa shape index (κ1) is 5.51. The molecular formula is C6H8O2. The van der Waals surface area contributed by atoms with Crippen LogP contribution in [0.1, 0.15) is 12.8 Å². The van der Waals surface area contributed by atoms with E-state index in [-0.39, 0.29) is 5.78 Å². The molecule has 0 heterocycles. The average molecular weight is 112 g/mol. The van der Waals surface area contributed by atoms with E-state index in [4.69, 9.17) is 5.11 Å². The molecular weight excluding hydrogens is 104 g/mol. The second-order valence-corrected chi connectivity index (χ2v) is 1.96. The van der Waals surface area contributed by atoms with E-state index in [1.54, 1.807) is 6.08 Å². The van der Waals surface area contributed by atoms with Crippen molar-refractivity contribution in [2.75, 3.05) is 0 Å². The van der Waals surface area contributed by atoms with Crippen molar-refractivity contribution in [3.63, 3.8) is 0 Å². The van der Waals surface area contributed by atoms with Crippen LogP contribution in [-0.2, 0) is 4.79 Å². The van der Waals surface area contributed by atoms with Gasteiger partial charge in [-0.15, -0.1) is 0 Å². The van der Waals surface area contributed by atoms with E-state index < -0.39 is 6.10 Å². The van der Waals surface area contributed by atoms with Crippen LogP contribution in [0.15, 0.2) is 12.2 Å². The van der Waals surface area contributed by atoms with Gasteiger partial charge < -0.3 is 5.11 Å². The van der Waals surface area contributed by atoms with E-state index in [9.17, 15) is 4.79 Å². The lowest BCUT2D eigenvalue weighted by atomic mass is 10.0. The number of carbonyl (C=O) groups is 1. The van der Waals surface area contributed by atoms with Gasteiger partial charge in [0.05, 0.1) is 6.10 Å². The van der Waals surface area contributed by atoms with Gasteiger partial charge in [0.1, 0.15) is 0 Å². The monoisotopic (exact) mass is 112 g/mol. The first-order valence-electron chi connectivity index (χ1n) is 2.66. The topological polar surface area (TPSA) is 37.3 Å². The summed E-state index contributed by atoms with van der Waals surface area (Å²) >= 11 is 0. The van der Waals surface area contributed by atoms with Crippen LogP contribution < -0.4 is 0 Å². The molecule has 0 radical (unpaired) electrons. The zero-order chi connectivity index (χ0) is 5.98. The van der Waals surface area contributed by atoms with Gasteiger partial charge in [0.15, 0.2) is 5.78 Å². The highest BCUT2D eigenvalue weighted by Gasteiger charge is 2.10. The Kier molecular flexibility index (Phi) is 1.44. The van der Waals surface area contributed by atoms with E-state index in [2.05, 4.69) is 0 Å². The molecule has 0 fully saturated rings. The van der Waals surface area contributed by atoms with Gasteiger partial charge >= 0.3 is 0 Å². The molecule has 0 saturated carbocycles. The molecule has 1 aliphatic carbocycles. The Morgan fingerprint density at radius 3 is 2.88 bits per heavy atom. The Balaban J connectivity index is 2.54. The molecule has 0 saturated heterocycles. The SMILES string of the molecule is O=C1C=CCC(O)C1. The number of allylic oxidation sites excluding steroid dienone is 1. The lowest BCUT2D eigenvalue weighted by molar-refractivity contribution is -0.116. The van der Waals surface area contributed by atoms with Gasteiger partial charge in [-0.2, -0.15) is 0 Å². The predicted molar refractivity (Wildman–Crippen MR) is 29.4 cm³/mol. The van der Waals surface area contributed by atoms with Crippen LogP contribution in [0.4, 0.5) is 0 Å². The molecule has 0 aromatic carbocycles. The van der Waals surface area contributed by atoms with Gasteiger partial charge in [0, 0.05) is 6.42 Å². The summed E-state index contributed by atoms with van der Waals surface area (Å²) in [5, 5.41) is 8.81. The number of ketones is 1. The summed E-state index contributed by atoms with van der Waals surface area (Å²) in [6.45, 7) is 0. The lowest BCUT2D eigenvalue weighted by Gasteiger charge is -2.07. The average Bonchev–Trinajstić information content (AvgIpc) is 1.64. The lowest BCUT2D eigenvalue weighted by Crippen LogP contribution is -2.14. The largest absolute Gasteiger partial charge is 0.392 e. The maximum Gasteiger partial charge on any atom is 0.157 e. The molecule has 0 spiro atoms. The van der Waals surface area contributed by atoms with E-state index in [1.807, 2.05) is 0 Å². The molecule has 0 bridgehead atoms. The van der Waals surface area contributed by atoms with Crippen molar-refractivity contribution < 1.29 is 9.90 Å². The highest BCUT2D eigenvalue weighted by atomic mass is 16.3. The van der Waals surface area contributed by atoms with Crippen molar-refractivity contribution in [2.45, 2.75) is 18.9 Å². The van der Waals surface area contributed by atoms with E-state index in [0.29, 0.717) is 12.8 Å². The van der Waals surface area contributed by atoms with Crippen molar-refractivity contribution in [2.24, 2.45) is 0 Å². The van der Waals surface area contributed by atoms with Crippen LogP contribution >= 0.6 is 0 Å². The molecule has 8 heavy (non-hydrogen) atoms. The smallest absolute Gasteiger partial charge is 0.157 e. The minimum atomic E-state index is -0.424. The first-order valence-corrected chi connectivity index (χ1v) is 2.66. The van der Waals surface area contributed by atoms with Crippen LogP contribution in [0.5, 0.6) is 0 Å². The number of aliphatic hydroxyl groups is 1. The Bertz CT molecular complexity index is 126. The van der Waals surface area contributed by atoms with Gasteiger partial charge in [-0.1, -0.05) is 6.08 Å². The molecule has 44 valence electrons. The summed E-state index contributed by atoms with van der Waals surface area (Å²) in [5.74, 6) is 0.0313. The van der Waals surface area contributed by atoms with Crippen LogP contribution in [0, 0.1) is 0 Å². The summed E-state index contributed by atoms with van der Waals surface area (Å²) in [6, 6.07) is 0. The van der Waals surface area contributed by atoms with E-state index in [1.165, 1.54) is 6.08 Å².